The van der Waals surface area contributed by atoms with Crippen LogP contribution in [0.15, 0.2) is 12.1 Å². The van der Waals surface area contributed by atoms with Gasteiger partial charge in [-0.15, -0.1) is 0 Å². The maximum Gasteiger partial charge on any atom is 0.407 e. The summed E-state index contributed by atoms with van der Waals surface area (Å²) >= 11 is 0. The second-order valence-electron chi connectivity index (χ2n) is 6.31. The molecule has 0 radical (unpaired) electrons. The smallest absolute Gasteiger partial charge is 0.407 e. The normalized spacial score (nSPS) is 12.9. The Kier molecular flexibility index (Phi) is 5.61. The number of carbonyl (C=O) groups is 1. The molecule has 1 rings (SSSR count). The molecule has 0 aromatic heterocycles. The van der Waals surface area contributed by atoms with Crippen LogP contribution >= 0.6 is 0 Å². The largest absolute Gasteiger partial charge is 0.507 e. The van der Waals surface area contributed by atoms with Gasteiger partial charge in [-0.25, -0.2) is 4.79 Å². The van der Waals surface area contributed by atoms with Crippen molar-refractivity contribution in [2.75, 3.05) is 6.61 Å². The molecule has 0 aliphatic heterocycles. The number of aliphatic hydroxyl groups is 1. The van der Waals surface area contributed by atoms with Crippen LogP contribution in [-0.4, -0.2) is 34.6 Å². The van der Waals surface area contributed by atoms with Gasteiger partial charge in [0.05, 0.1) is 12.6 Å². The number of hydrogen-bond donors (Lipinski definition) is 3. The van der Waals surface area contributed by atoms with Crippen LogP contribution < -0.4 is 5.32 Å². The first kappa shape index (κ1) is 17.3. The Labute approximate surface area is 125 Å². The number of phenolic OH excluding ortho intramolecular Hbond substituents is 1. The number of ether oxygens (including phenoxy) is 1. The summed E-state index contributed by atoms with van der Waals surface area (Å²) in [4.78, 5) is 11.7. The maximum absolute atomic E-state index is 11.7. The molecule has 0 fully saturated rings. The van der Waals surface area contributed by atoms with E-state index in [0.717, 1.165) is 16.7 Å². The molecule has 0 heterocycles. The van der Waals surface area contributed by atoms with Crippen molar-refractivity contribution in [3.8, 4) is 5.75 Å². The van der Waals surface area contributed by atoms with Gasteiger partial charge in [0.25, 0.3) is 0 Å². The number of rotatable bonds is 4. The highest BCUT2D eigenvalue weighted by Gasteiger charge is 2.19. The Balaban J connectivity index is 2.72. The molecule has 0 aliphatic carbocycles. The predicted molar refractivity (Wildman–Crippen MR) is 81.5 cm³/mol. The van der Waals surface area contributed by atoms with E-state index < -0.39 is 17.7 Å². The minimum Gasteiger partial charge on any atom is -0.507 e. The highest BCUT2D eigenvalue weighted by Crippen LogP contribution is 2.23. The number of carbonyl (C=O) groups excluding carboxylic acids is 1. The van der Waals surface area contributed by atoms with Crippen molar-refractivity contribution in [1.29, 1.82) is 0 Å². The predicted octanol–water partition coefficient (Wildman–Crippen LogP) is 2.44. The van der Waals surface area contributed by atoms with Gasteiger partial charge in [-0.2, -0.15) is 0 Å². The number of alkyl carbamates (subject to hydrolysis) is 1. The lowest BCUT2D eigenvalue weighted by molar-refractivity contribution is 0.0483. The minimum atomic E-state index is -0.574. The van der Waals surface area contributed by atoms with Crippen molar-refractivity contribution in [3.63, 3.8) is 0 Å². The monoisotopic (exact) mass is 295 g/mol. The fourth-order valence-corrected chi connectivity index (χ4v) is 2.08. The lowest BCUT2D eigenvalue weighted by Crippen LogP contribution is -2.42. The minimum absolute atomic E-state index is 0.182. The first-order valence-electron chi connectivity index (χ1n) is 7.02. The zero-order valence-electron chi connectivity index (χ0n) is 13.4. The second kappa shape index (κ2) is 6.80. The number of phenols is 1. The number of aromatic hydroxyl groups is 1. The van der Waals surface area contributed by atoms with Crippen LogP contribution in [0.1, 0.15) is 37.5 Å². The van der Waals surface area contributed by atoms with Crippen molar-refractivity contribution in [2.45, 2.75) is 52.7 Å². The molecule has 0 spiro atoms. The highest BCUT2D eigenvalue weighted by atomic mass is 16.6. The summed E-state index contributed by atoms with van der Waals surface area (Å²) < 4.78 is 5.17. The molecule has 1 aromatic rings. The third kappa shape index (κ3) is 5.63. The molecular weight excluding hydrogens is 270 g/mol. The van der Waals surface area contributed by atoms with Crippen LogP contribution in [-0.2, 0) is 11.2 Å². The van der Waals surface area contributed by atoms with Crippen LogP contribution in [0.2, 0.25) is 0 Å². The number of benzene rings is 1. The summed E-state index contributed by atoms with van der Waals surface area (Å²) in [5.74, 6) is 0.277. The van der Waals surface area contributed by atoms with E-state index in [1.54, 1.807) is 20.8 Å². The molecule has 1 amide bonds. The topological polar surface area (TPSA) is 78.8 Å². The summed E-state index contributed by atoms with van der Waals surface area (Å²) in [7, 11) is 0. The van der Waals surface area contributed by atoms with Crippen molar-refractivity contribution in [2.24, 2.45) is 0 Å². The summed E-state index contributed by atoms with van der Waals surface area (Å²) in [5, 5.41) is 21.8. The van der Waals surface area contributed by atoms with E-state index in [1.165, 1.54) is 0 Å². The van der Waals surface area contributed by atoms with Gasteiger partial charge >= 0.3 is 6.09 Å². The molecule has 21 heavy (non-hydrogen) atoms. The Bertz CT molecular complexity index is 482. The van der Waals surface area contributed by atoms with Gasteiger partial charge in [-0.1, -0.05) is 12.1 Å². The van der Waals surface area contributed by atoms with Crippen LogP contribution in [0.25, 0.3) is 0 Å². The zero-order valence-corrected chi connectivity index (χ0v) is 13.4. The Morgan fingerprint density at radius 2 is 1.81 bits per heavy atom. The lowest BCUT2D eigenvalue weighted by Gasteiger charge is -2.23. The summed E-state index contributed by atoms with van der Waals surface area (Å²) in [6, 6.07) is 3.27. The molecule has 0 saturated carbocycles. The standard InChI is InChI=1S/C16H25NO4/c1-10-6-12(7-11(2)14(10)19)8-13(9-18)17-15(20)21-16(3,4)5/h6-7,13,18-19H,8-9H2,1-5H3,(H,17,20). The number of aryl methyl sites for hydroxylation is 2. The van der Waals surface area contributed by atoms with Gasteiger partial charge in [0.15, 0.2) is 0 Å². The molecule has 5 nitrogen and oxygen atoms in total. The van der Waals surface area contributed by atoms with Crippen LogP contribution in [0.3, 0.4) is 0 Å². The van der Waals surface area contributed by atoms with Crippen molar-refractivity contribution in [1.82, 2.24) is 5.32 Å². The molecule has 1 atom stereocenters. The average molecular weight is 295 g/mol. The zero-order chi connectivity index (χ0) is 16.2. The van der Waals surface area contributed by atoms with Gasteiger partial charge in [-0.05, 0) is 57.7 Å². The molecular formula is C16H25NO4. The van der Waals surface area contributed by atoms with Gasteiger partial charge in [0, 0.05) is 0 Å². The number of amides is 1. The second-order valence-corrected chi connectivity index (χ2v) is 6.31. The third-order valence-electron chi connectivity index (χ3n) is 2.97. The molecule has 118 valence electrons. The van der Waals surface area contributed by atoms with Gasteiger partial charge in [0.2, 0.25) is 0 Å². The maximum atomic E-state index is 11.7. The van der Waals surface area contributed by atoms with E-state index in [1.807, 2.05) is 26.0 Å². The molecule has 0 bridgehead atoms. The van der Waals surface area contributed by atoms with Gasteiger partial charge in [-0.3, -0.25) is 0 Å². The third-order valence-corrected chi connectivity index (χ3v) is 2.97. The Morgan fingerprint density at radius 1 is 1.29 bits per heavy atom. The summed E-state index contributed by atoms with van der Waals surface area (Å²) in [6.07, 6.45) is -0.0775. The number of nitrogens with one attached hydrogen (secondary N) is 1. The highest BCUT2D eigenvalue weighted by molar-refractivity contribution is 5.68. The van der Waals surface area contributed by atoms with Crippen molar-refractivity contribution in [3.05, 3.63) is 28.8 Å². The molecule has 5 heteroatoms. The van der Waals surface area contributed by atoms with Crippen LogP contribution in [0, 0.1) is 13.8 Å². The first-order chi connectivity index (χ1) is 9.62. The van der Waals surface area contributed by atoms with Gasteiger partial charge < -0.3 is 20.3 Å². The van der Waals surface area contributed by atoms with Crippen molar-refractivity contribution < 1.29 is 19.7 Å². The molecule has 1 aromatic carbocycles. The van der Waals surface area contributed by atoms with E-state index in [-0.39, 0.29) is 12.4 Å². The average Bonchev–Trinajstić information content (AvgIpc) is 2.32. The van der Waals surface area contributed by atoms with E-state index in [0.29, 0.717) is 6.42 Å². The number of aliphatic hydroxyl groups excluding tert-OH is 1. The molecule has 0 saturated heterocycles. The van der Waals surface area contributed by atoms with E-state index in [9.17, 15) is 15.0 Å². The summed E-state index contributed by atoms with van der Waals surface area (Å²) in [5.41, 5.74) is 1.92. The summed E-state index contributed by atoms with van der Waals surface area (Å²) in [6.45, 7) is 8.81. The van der Waals surface area contributed by atoms with E-state index in [4.69, 9.17) is 4.74 Å². The Hall–Kier alpha value is -1.75. The molecule has 1 unspecified atom stereocenters. The van der Waals surface area contributed by atoms with Crippen LogP contribution in [0.5, 0.6) is 5.75 Å². The van der Waals surface area contributed by atoms with Crippen LogP contribution in [0.4, 0.5) is 4.79 Å². The fraction of sp³-hybridized carbons (Fsp3) is 0.562. The first-order valence-corrected chi connectivity index (χ1v) is 7.02. The fourth-order valence-electron chi connectivity index (χ4n) is 2.08. The molecule has 0 aliphatic rings. The van der Waals surface area contributed by atoms with Gasteiger partial charge in [0.1, 0.15) is 11.4 Å². The van der Waals surface area contributed by atoms with Crippen molar-refractivity contribution >= 4 is 6.09 Å². The SMILES string of the molecule is Cc1cc(CC(CO)NC(=O)OC(C)(C)C)cc(C)c1O. The quantitative estimate of drug-likeness (QED) is 0.797. The van der Waals surface area contributed by atoms with E-state index >= 15 is 0 Å². The molecule has 3 N–H and O–H groups in total. The lowest BCUT2D eigenvalue weighted by atomic mass is 10.0. The number of hydrogen-bond acceptors (Lipinski definition) is 4. The Morgan fingerprint density at radius 3 is 2.24 bits per heavy atom. The van der Waals surface area contributed by atoms with E-state index in [2.05, 4.69) is 5.32 Å².